The molecule has 8 rings (SSSR count). The first-order valence-electron chi connectivity index (χ1n) is 16.9. The fourth-order valence-corrected chi connectivity index (χ4v) is 7.29. The summed E-state index contributed by atoms with van der Waals surface area (Å²) in [6, 6.07) is 21.4. The van der Waals surface area contributed by atoms with Gasteiger partial charge in [0.15, 0.2) is 11.4 Å². The summed E-state index contributed by atoms with van der Waals surface area (Å²) in [5, 5.41) is 24.1. The Kier molecular flexibility index (Phi) is 8.66. The third-order valence-corrected chi connectivity index (χ3v) is 10.1. The Morgan fingerprint density at radius 2 is 1.88 bits per heavy atom. The molecule has 0 aliphatic carbocycles. The highest BCUT2D eigenvalue weighted by Gasteiger charge is 2.28. The van der Waals surface area contributed by atoms with E-state index in [0.717, 1.165) is 38.8 Å². The van der Waals surface area contributed by atoms with E-state index in [0.29, 0.717) is 90.3 Å². The Labute approximate surface area is 303 Å². The molecule has 2 N–H and O–H groups in total. The molecule has 260 valence electrons. The van der Waals surface area contributed by atoms with E-state index in [4.69, 9.17) is 25.7 Å². The number of aromatic nitrogens is 3. The van der Waals surface area contributed by atoms with E-state index in [1.807, 2.05) is 61.5 Å². The van der Waals surface area contributed by atoms with Crippen LogP contribution in [0.4, 0.5) is 16.3 Å². The average molecular weight is 714 g/mol. The molecular weight excluding hydrogens is 682 g/mol. The van der Waals surface area contributed by atoms with Crippen molar-refractivity contribution in [3.05, 3.63) is 100 Å². The third kappa shape index (κ3) is 6.25. The number of cyclic esters (lactones) is 1. The van der Waals surface area contributed by atoms with Crippen LogP contribution in [0.1, 0.15) is 28.7 Å². The molecule has 13 heteroatoms. The van der Waals surface area contributed by atoms with Gasteiger partial charge in [-0.25, -0.2) is 14.8 Å². The van der Waals surface area contributed by atoms with E-state index in [-0.39, 0.29) is 12.0 Å². The zero-order valence-corrected chi connectivity index (χ0v) is 28.9. The molecule has 5 heterocycles. The number of anilines is 2. The lowest BCUT2D eigenvalue weighted by molar-refractivity contribution is -0.141. The minimum atomic E-state index is -0.780. The number of carboxylic acids is 1. The zero-order chi connectivity index (χ0) is 35.9. The first-order valence-corrected chi connectivity index (χ1v) is 17.2. The summed E-state index contributed by atoms with van der Waals surface area (Å²) in [6.45, 7) is 5.01. The molecule has 2 aliphatic heterocycles. The summed E-state index contributed by atoms with van der Waals surface area (Å²) >= 11 is 7.09. The minimum absolute atomic E-state index is 0.323. The van der Waals surface area contributed by atoms with Crippen LogP contribution in [0.2, 0.25) is 5.02 Å². The molecule has 0 radical (unpaired) electrons. The fourth-order valence-electron chi connectivity index (χ4n) is 7.01. The van der Waals surface area contributed by atoms with Crippen molar-refractivity contribution in [1.82, 2.24) is 24.8 Å². The van der Waals surface area contributed by atoms with Crippen molar-refractivity contribution in [3.63, 3.8) is 0 Å². The smallest absolute Gasteiger partial charge is 0.410 e. The number of likely N-dealkylation sites (tertiary alicyclic amines) is 1. The van der Waals surface area contributed by atoms with Gasteiger partial charge in [0.05, 0.1) is 35.3 Å². The lowest BCUT2D eigenvalue weighted by atomic mass is 9.96. The van der Waals surface area contributed by atoms with Crippen LogP contribution < -0.4 is 5.32 Å². The number of halogens is 1. The van der Waals surface area contributed by atoms with Gasteiger partial charge in [-0.05, 0) is 78.5 Å². The van der Waals surface area contributed by atoms with Crippen LogP contribution in [0.15, 0.2) is 77.5 Å². The number of carboxylic acid groups (broad SMARTS) is 1. The molecule has 2 aliphatic rings. The summed E-state index contributed by atoms with van der Waals surface area (Å²) in [5.74, 6) is -0.237. The molecule has 1 unspecified atom stereocenters. The van der Waals surface area contributed by atoms with E-state index in [2.05, 4.69) is 26.3 Å². The summed E-state index contributed by atoms with van der Waals surface area (Å²) in [7, 11) is 0. The van der Waals surface area contributed by atoms with Crippen LogP contribution in [0.3, 0.4) is 0 Å². The number of rotatable bonds is 9. The molecule has 2 fully saturated rings. The van der Waals surface area contributed by atoms with Crippen molar-refractivity contribution in [3.8, 4) is 28.7 Å². The van der Waals surface area contributed by atoms with E-state index in [1.165, 1.54) is 0 Å². The number of nitrogens with zero attached hydrogens (tertiary/aromatic N) is 6. The van der Waals surface area contributed by atoms with Gasteiger partial charge >= 0.3 is 12.1 Å². The molecule has 3 aromatic carbocycles. The minimum Gasteiger partial charge on any atom is -0.481 e. The van der Waals surface area contributed by atoms with Gasteiger partial charge < -0.3 is 24.5 Å². The maximum atomic E-state index is 11.9. The molecular formula is C39H32ClN7O5. The van der Waals surface area contributed by atoms with Gasteiger partial charge in [0.1, 0.15) is 23.7 Å². The number of nitrogens with one attached hydrogen (secondary N) is 1. The first kappa shape index (κ1) is 33.1. The van der Waals surface area contributed by atoms with Gasteiger partial charge in [-0.1, -0.05) is 35.9 Å². The quantitative estimate of drug-likeness (QED) is 0.152. The van der Waals surface area contributed by atoms with E-state index >= 15 is 0 Å². The second kappa shape index (κ2) is 13.6. The van der Waals surface area contributed by atoms with Crippen LogP contribution in [-0.4, -0.2) is 68.2 Å². The SMILES string of the molecule is Cc1c(-c2nc3cc(CN4CCC(C(=O)O)C4)cc(C#N)c3o2)cccc1-c1cccc(Nc2nccc3cc(CN4CCOC4=O)cnc23)c1Cl. The standard InChI is InChI=1S/C39H32ClN7O5/c1-22-28(4-2-5-29(22)37-45-32-16-23(14-27(17-41)35(32)52-37)19-46-11-9-26(21-46)38(48)49)30-6-3-7-31(33(30)40)44-36-34-25(8-10-42-36)15-24(18-43-34)20-47-12-13-51-39(47)50/h2-8,10,14-16,18,26H,9,11-13,19-21H2,1H3,(H,42,44)(H,48,49). The molecule has 12 nitrogen and oxygen atoms in total. The van der Waals surface area contributed by atoms with Gasteiger partial charge in [0.2, 0.25) is 5.89 Å². The number of pyridine rings is 2. The van der Waals surface area contributed by atoms with Crippen LogP contribution in [-0.2, 0) is 22.6 Å². The number of ether oxygens (including phenoxy) is 1. The molecule has 0 bridgehead atoms. The molecule has 0 spiro atoms. The van der Waals surface area contributed by atoms with Crippen molar-refractivity contribution in [1.29, 1.82) is 5.26 Å². The van der Waals surface area contributed by atoms with Crippen LogP contribution in [0, 0.1) is 24.2 Å². The molecule has 0 saturated carbocycles. The molecule has 1 amide bonds. The van der Waals surface area contributed by atoms with Gasteiger partial charge in [0, 0.05) is 42.0 Å². The van der Waals surface area contributed by atoms with Crippen LogP contribution >= 0.6 is 11.6 Å². The number of carbonyl (C=O) groups excluding carboxylic acids is 1. The van der Waals surface area contributed by atoms with Crippen molar-refractivity contribution in [2.75, 3.05) is 31.6 Å². The highest BCUT2D eigenvalue weighted by molar-refractivity contribution is 6.36. The van der Waals surface area contributed by atoms with Gasteiger partial charge in [-0.3, -0.25) is 14.7 Å². The van der Waals surface area contributed by atoms with E-state index in [1.54, 1.807) is 23.4 Å². The topological polar surface area (TPSA) is 158 Å². The maximum absolute atomic E-state index is 11.9. The number of hydrogen-bond donors (Lipinski definition) is 2. The molecule has 2 saturated heterocycles. The van der Waals surface area contributed by atoms with Crippen molar-refractivity contribution >= 4 is 57.2 Å². The molecule has 52 heavy (non-hydrogen) atoms. The van der Waals surface area contributed by atoms with E-state index in [9.17, 15) is 20.0 Å². The number of carbonyl (C=O) groups is 2. The van der Waals surface area contributed by atoms with Gasteiger partial charge in [-0.15, -0.1) is 0 Å². The number of aliphatic carboxylic acids is 1. The highest BCUT2D eigenvalue weighted by Crippen LogP contribution is 2.40. The second-order valence-electron chi connectivity index (χ2n) is 13.1. The van der Waals surface area contributed by atoms with Gasteiger partial charge in [0.25, 0.3) is 0 Å². The van der Waals surface area contributed by atoms with Crippen LogP contribution in [0.25, 0.3) is 44.6 Å². The number of benzene rings is 3. The number of amides is 1. The Morgan fingerprint density at radius 3 is 2.67 bits per heavy atom. The van der Waals surface area contributed by atoms with Gasteiger partial charge in [-0.2, -0.15) is 5.26 Å². The van der Waals surface area contributed by atoms with Crippen LogP contribution in [0.5, 0.6) is 0 Å². The summed E-state index contributed by atoms with van der Waals surface area (Å²) in [4.78, 5) is 41.2. The number of hydrogen-bond acceptors (Lipinski definition) is 10. The first-order chi connectivity index (χ1) is 25.2. The second-order valence-corrected chi connectivity index (χ2v) is 13.4. The Morgan fingerprint density at radius 1 is 1.06 bits per heavy atom. The predicted octanol–water partition coefficient (Wildman–Crippen LogP) is 7.54. The van der Waals surface area contributed by atoms with Crippen molar-refractivity contribution < 1.29 is 23.8 Å². The lowest BCUT2D eigenvalue weighted by Crippen LogP contribution is -2.23. The predicted molar refractivity (Wildman–Crippen MR) is 195 cm³/mol. The van der Waals surface area contributed by atoms with Crippen molar-refractivity contribution in [2.45, 2.75) is 26.4 Å². The Bertz CT molecular complexity index is 2440. The average Bonchev–Trinajstić information content (AvgIpc) is 3.89. The molecule has 6 aromatic rings. The fraction of sp³-hybridized carbons (Fsp3) is 0.231. The highest BCUT2D eigenvalue weighted by atomic mass is 35.5. The Balaban J connectivity index is 1.07. The number of oxazole rings is 1. The maximum Gasteiger partial charge on any atom is 0.410 e. The lowest BCUT2D eigenvalue weighted by Gasteiger charge is -2.16. The number of fused-ring (bicyclic) bond motifs is 2. The summed E-state index contributed by atoms with van der Waals surface area (Å²) < 4.78 is 11.3. The Hall–Kier alpha value is -6.03. The third-order valence-electron chi connectivity index (χ3n) is 9.68. The molecule has 1 atom stereocenters. The zero-order valence-electron chi connectivity index (χ0n) is 28.1. The monoisotopic (exact) mass is 713 g/mol. The summed E-state index contributed by atoms with van der Waals surface area (Å²) in [5.41, 5.74) is 7.74. The number of nitriles is 1. The normalized spacial score (nSPS) is 16.1. The van der Waals surface area contributed by atoms with Crippen molar-refractivity contribution in [2.24, 2.45) is 5.92 Å². The summed E-state index contributed by atoms with van der Waals surface area (Å²) in [6.07, 6.45) is 3.72. The largest absolute Gasteiger partial charge is 0.481 e. The molecule has 3 aromatic heterocycles. The van der Waals surface area contributed by atoms with E-state index < -0.39 is 5.97 Å².